The van der Waals surface area contributed by atoms with Crippen LogP contribution in [-0.4, -0.2) is 51.3 Å². The molecule has 0 aliphatic carbocycles. The molecule has 0 aromatic heterocycles. The Kier molecular flexibility index (Phi) is 7.85. The van der Waals surface area contributed by atoms with Crippen molar-refractivity contribution in [2.45, 2.75) is 32.2 Å². The minimum absolute atomic E-state index is 0.153. The molecule has 7 heteroatoms. The van der Waals surface area contributed by atoms with E-state index in [1.165, 1.54) is 0 Å². The average Bonchev–Trinajstić information content (AvgIpc) is 3.06. The number of carbonyl (C=O) groups is 1. The summed E-state index contributed by atoms with van der Waals surface area (Å²) < 4.78 is 4.92. The Morgan fingerprint density at radius 2 is 2.32 bits per heavy atom. The molecule has 0 saturated carbocycles. The van der Waals surface area contributed by atoms with Gasteiger partial charge >= 0.3 is 5.97 Å². The number of aliphatic imine (C=N–C) groups is 1. The number of nitrogens with one attached hydrogen (secondary N) is 2. The first-order valence-electron chi connectivity index (χ1n) is 8.75. The van der Waals surface area contributed by atoms with Gasteiger partial charge in [-0.3, -0.25) is 9.79 Å². The van der Waals surface area contributed by atoms with Gasteiger partial charge in [-0.25, -0.2) is 0 Å². The number of carbonyl (C=O) groups excluding carboxylic acids is 1. The lowest BCUT2D eigenvalue weighted by atomic mass is 10.2. The van der Waals surface area contributed by atoms with Gasteiger partial charge in [-0.05, 0) is 38.0 Å². The van der Waals surface area contributed by atoms with Crippen LogP contribution in [0.5, 0.6) is 0 Å². The first kappa shape index (κ1) is 19.4. The first-order valence-corrected chi connectivity index (χ1v) is 9.13. The molecular weight excluding hydrogens is 340 g/mol. The van der Waals surface area contributed by atoms with Crippen LogP contribution in [0.3, 0.4) is 0 Å². The molecule has 1 aromatic carbocycles. The van der Waals surface area contributed by atoms with Crippen LogP contribution in [0.25, 0.3) is 0 Å². The van der Waals surface area contributed by atoms with Gasteiger partial charge in [0.05, 0.1) is 6.61 Å². The molecule has 1 unspecified atom stereocenters. The Hall–Kier alpha value is -1.95. The van der Waals surface area contributed by atoms with Crippen molar-refractivity contribution in [1.29, 1.82) is 0 Å². The fourth-order valence-electron chi connectivity index (χ4n) is 2.85. The van der Waals surface area contributed by atoms with Crippen LogP contribution in [0.4, 0.5) is 5.69 Å². The molecule has 1 heterocycles. The molecular formula is C18H27ClN4O2. The number of hydrogen-bond acceptors (Lipinski definition) is 4. The molecule has 6 nitrogen and oxygen atoms in total. The fourth-order valence-corrected chi connectivity index (χ4v) is 3.03. The summed E-state index contributed by atoms with van der Waals surface area (Å²) in [7, 11) is 1.75. The quantitative estimate of drug-likeness (QED) is 0.336. The lowest BCUT2D eigenvalue weighted by Gasteiger charge is -2.20. The zero-order valence-electron chi connectivity index (χ0n) is 14.9. The Bertz CT molecular complexity index is 594. The van der Waals surface area contributed by atoms with Crippen molar-refractivity contribution >= 4 is 29.2 Å². The monoisotopic (exact) mass is 366 g/mol. The minimum Gasteiger partial charge on any atom is -0.466 e. The van der Waals surface area contributed by atoms with E-state index in [1.807, 2.05) is 25.1 Å². The lowest BCUT2D eigenvalue weighted by molar-refractivity contribution is -0.143. The number of halogens is 1. The summed E-state index contributed by atoms with van der Waals surface area (Å²) in [5, 5.41) is 7.45. The third-order valence-electron chi connectivity index (χ3n) is 4.08. The van der Waals surface area contributed by atoms with E-state index in [0.29, 0.717) is 25.6 Å². The molecule has 1 atom stereocenters. The predicted molar refractivity (Wildman–Crippen MR) is 102 cm³/mol. The smallest absolute Gasteiger partial charge is 0.305 e. The lowest BCUT2D eigenvalue weighted by Crippen LogP contribution is -2.44. The molecule has 2 rings (SSSR count). The van der Waals surface area contributed by atoms with Crippen LogP contribution >= 0.6 is 11.6 Å². The Morgan fingerprint density at radius 1 is 1.48 bits per heavy atom. The van der Waals surface area contributed by atoms with Gasteiger partial charge in [0.15, 0.2) is 5.96 Å². The molecule has 1 aromatic rings. The first-order chi connectivity index (χ1) is 12.1. The molecule has 1 aliphatic heterocycles. The zero-order chi connectivity index (χ0) is 18.1. The van der Waals surface area contributed by atoms with Crippen LogP contribution in [0, 0.1) is 0 Å². The summed E-state index contributed by atoms with van der Waals surface area (Å²) in [4.78, 5) is 17.9. The Morgan fingerprint density at radius 3 is 3.04 bits per heavy atom. The van der Waals surface area contributed by atoms with E-state index in [0.717, 1.165) is 42.6 Å². The summed E-state index contributed by atoms with van der Waals surface area (Å²) in [5.41, 5.74) is 1.15. The molecule has 1 saturated heterocycles. The van der Waals surface area contributed by atoms with Crippen molar-refractivity contribution < 1.29 is 9.53 Å². The Labute approximate surface area is 154 Å². The second kappa shape index (κ2) is 10.1. The fraction of sp³-hybridized carbons (Fsp3) is 0.556. The normalized spacial score (nSPS) is 17.5. The SMILES string of the molecule is CCOC(=O)CCCNC(=NC)NC1CCN(c2cccc(Cl)c2)C1. The van der Waals surface area contributed by atoms with Gasteiger partial charge in [-0.2, -0.15) is 0 Å². The number of hydrogen-bond donors (Lipinski definition) is 2. The van der Waals surface area contributed by atoms with Crippen LogP contribution in [0.2, 0.25) is 5.02 Å². The molecule has 0 amide bonds. The predicted octanol–water partition coefficient (Wildman–Crippen LogP) is 2.43. The van der Waals surface area contributed by atoms with E-state index in [2.05, 4.69) is 26.6 Å². The summed E-state index contributed by atoms with van der Waals surface area (Å²) in [6.07, 6.45) is 2.18. The van der Waals surface area contributed by atoms with E-state index in [4.69, 9.17) is 16.3 Å². The zero-order valence-corrected chi connectivity index (χ0v) is 15.7. The number of ether oxygens (including phenoxy) is 1. The number of rotatable bonds is 7. The molecule has 0 bridgehead atoms. The van der Waals surface area contributed by atoms with E-state index < -0.39 is 0 Å². The van der Waals surface area contributed by atoms with Gasteiger partial charge in [-0.15, -0.1) is 0 Å². The van der Waals surface area contributed by atoms with Crippen molar-refractivity contribution in [3.8, 4) is 0 Å². The van der Waals surface area contributed by atoms with Gasteiger partial charge in [0.1, 0.15) is 0 Å². The summed E-state index contributed by atoms with van der Waals surface area (Å²) >= 11 is 6.08. The number of nitrogens with zero attached hydrogens (tertiary/aromatic N) is 2. The highest BCUT2D eigenvalue weighted by molar-refractivity contribution is 6.30. The largest absolute Gasteiger partial charge is 0.466 e. The van der Waals surface area contributed by atoms with E-state index >= 15 is 0 Å². The van der Waals surface area contributed by atoms with Gasteiger partial charge in [-0.1, -0.05) is 17.7 Å². The highest BCUT2D eigenvalue weighted by Crippen LogP contribution is 2.23. The number of guanidine groups is 1. The summed E-state index contributed by atoms with van der Waals surface area (Å²) in [6, 6.07) is 8.26. The van der Waals surface area contributed by atoms with Crippen LogP contribution in [0.1, 0.15) is 26.2 Å². The van der Waals surface area contributed by atoms with Gasteiger partial charge in [0.25, 0.3) is 0 Å². The second-order valence-corrected chi connectivity index (χ2v) is 6.40. The van der Waals surface area contributed by atoms with Gasteiger partial charge < -0.3 is 20.3 Å². The van der Waals surface area contributed by atoms with Crippen molar-refractivity contribution in [3.05, 3.63) is 29.3 Å². The highest BCUT2D eigenvalue weighted by Gasteiger charge is 2.23. The molecule has 2 N–H and O–H groups in total. The standard InChI is InChI=1S/C18H27ClN4O2/c1-3-25-17(24)8-5-10-21-18(20-2)22-15-9-11-23(13-15)16-7-4-6-14(19)12-16/h4,6-7,12,15H,3,5,8-11,13H2,1-2H3,(H2,20,21,22). The molecule has 138 valence electrons. The topological polar surface area (TPSA) is 66.0 Å². The van der Waals surface area contributed by atoms with Crippen LogP contribution in [0.15, 0.2) is 29.3 Å². The molecule has 0 radical (unpaired) electrons. The molecule has 1 fully saturated rings. The van der Waals surface area contributed by atoms with Crippen molar-refractivity contribution in [1.82, 2.24) is 10.6 Å². The minimum atomic E-state index is -0.153. The number of benzene rings is 1. The second-order valence-electron chi connectivity index (χ2n) is 5.96. The van der Waals surface area contributed by atoms with E-state index in [1.54, 1.807) is 7.05 Å². The summed E-state index contributed by atoms with van der Waals surface area (Å²) in [6.45, 7) is 4.82. The molecule has 25 heavy (non-hydrogen) atoms. The van der Waals surface area contributed by atoms with E-state index in [-0.39, 0.29) is 5.97 Å². The van der Waals surface area contributed by atoms with Gasteiger partial charge in [0.2, 0.25) is 0 Å². The van der Waals surface area contributed by atoms with E-state index in [9.17, 15) is 4.79 Å². The average molecular weight is 367 g/mol. The maximum Gasteiger partial charge on any atom is 0.305 e. The van der Waals surface area contributed by atoms with Crippen molar-refractivity contribution in [2.24, 2.45) is 4.99 Å². The third-order valence-corrected chi connectivity index (χ3v) is 4.32. The highest BCUT2D eigenvalue weighted by atomic mass is 35.5. The van der Waals surface area contributed by atoms with Crippen molar-refractivity contribution in [2.75, 3.05) is 38.2 Å². The third kappa shape index (κ3) is 6.46. The number of esters is 1. The van der Waals surface area contributed by atoms with Crippen molar-refractivity contribution in [3.63, 3.8) is 0 Å². The maximum atomic E-state index is 11.3. The van der Waals surface area contributed by atoms with Crippen LogP contribution < -0.4 is 15.5 Å². The van der Waals surface area contributed by atoms with Gasteiger partial charge in [0, 0.05) is 49.9 Å². The molecule has 0 spiro atoms. The maximum absolute atomic E-state index is 11.3. The molecule has 1 aliphatic rings. The van der Waals surface area contributed by atoms with Crippen LogP contribution in [-0.2, 0) is 9.53 Å². The Balaban J connectivity index is 1.72. The summed E-state index contributed by atoms with van der Waals surface area (Å²) in [5.74, 6) is 0.613. The number of anilines is 1.